The molecule has 0 saturated heterocycles. The summed E-state index contributed by atoms with van der Waals surface area (Å²) < 4.78 is 14.8. The van der Waals surface area contributed by atoms with Crippen molar-refractivity contribution in [3.05, 3.63) is 12.6 Å². The highest BCUT2D eigenvalue weighted by atomic mass is 19.1. The second-order valence-electron chi connectivity index (χ2n) is 0.498. The quantitative estimate of drug-likeness (QED) is 0.424. The van der Waals surface area contributed by atoms with Crippen LogP contribution in [0.2, 0.25) is 0 Å². The molecule has 0 rings (SSSR count). The van der Waals surface area contributed by atoms with Gasteiger partial charge in [0.05, 0.1) is 7.11 Å². The number of hydrogen-bond donors (Lipinski definition) is 0. The SMILES string of the molecule is CO/C=C\F. The minimum atomic E-state index is 0.333. The molecule has 0 bridgehead atoms. The number of halogens is 1. The topological polar surface area (TPSA) is 9.23 Å². The van der Waals surface area contributed by atoms with Crippen LogP contribution in [0, 0.1) is 0 Å². The molecule has 0 spiro atoms. The van der Waals surface area contributed by atoms with Gasteiger partial charge in [0.25, 0.3) is 0 Å². The van der Waals surface area contributed by atoms with E-state index in [1.54, 1.807) is 0 Å². The van der Waals surface area contributed by atoms with Crippen molar-refractivity contribution < 1.29 is 9.13 Å². The molecule has 0 heterocycles. The van der Waals surface area contributed by atoms with Gasteiger partial charge in [-0.2, -0.15) is 0 Å². The Morgan fingerprint density at radius 1 is 1.80 bits per heavy atom. The molecular weight excluding hydrogens is 71.0 g/mol. The molecule has 0 aromatic carbocycles. The van der Waals surface area contributed by atoms with Crippen molar-refractivity contribution in [3.63, 3.8) is 0 Å². The summed E-state index contributed by atoms with van der Waals surface area (Å²) in [5.74, 6) is 0. The third-order valence-corrected chi connectivity index (χ3v) is 0.188. The monoisotopic (exact) mass is 76.0 g/mol. The second-order valence-corrected chi connectivity index (χ2v) is 0.498. The summed E-state index contributed by atoms with van der Waals surface area (Å²) >= 11 is 0. The predicted molar refractivity (Wildman–Crippen MR) is 17.3 cm³/mol. The van der Waals surface area contributed by atoms with Gasteiger partial charge in [-0.3, -0.25) is 0 Å². The van der Waals surface area contributed by atoms with E-state index in [-0.39, 0.29) is 0 Å². The van der Waals surface area contributed by atoms with Crippen LogP contribution in [-0.2, 0) is 4.74 Å². The van der Waals surface area contributed by atoms with Crippen LogP contribution in [0.25, 0.3) is 0 Å². The lowest BCUT2D eigenvalue weighted by atomic mass is 11.1. The van der Waals surface area contributed by atoms with Crippen LogP contribution >= 0.6 is 0 Å². The molecule has 0 fully saturated rings. The zero-order valence-electron chi connectivity index (χ0n) is 2.94. The summed E-state index contributed by atoms with van der Waals surface area (Å²) in [7, 11) is 1.38. The summed E-state index contributed by atoms with van der Waals surface area (Å²) in [4.78, 5) is 0. The zero-order valence-corrected chi connectivity index (χ0v) is 2.94. The van der Waals surface area contributed by atoms with Crippen LogP contribution in [0.1, 0.15) is 0 Å². The molecule has 0 aliphatic carbocycles. The molecule has 0 unspecified atom stereocenters. The Bertz CT molecular complexity index is 33.9. The fourth-order valence-corrected chi connectivity index (χ4v) is 0.0514. The molecule has 0 aliphatic heterocycles. The molecule has 0 atom stereocenters. The van der Waals surface area contributed by atoms with Gasteiger partial charge in [-0.1, -0.05) is 0 Å². The van der Waals surface area contributed by atoms with Gasteiger partial charge >= 0.3 is 0 Å². The van der Waals surface area contributed by atoms with Crippen molar-refractivity contribution in [3.8, 4) is 0 Å². The summed E-state index contributed by atoms with van der Waals surface area (Å²) in [6, 6.07) is 0. The standard InChI is InChI=1S/C3H5FO/c1-5-3-2-4/h2-3H,1H3/b3-2-. The third kappa shape index (κ3) is 3.47. The fraction of sp³-hybridized carbons (Fsp3) is 0.333. The van der Waals surface area contributed by atoms with Crippen molar-refractivity contribution in [2.45, 2.75) is 0 Å². The largest absolute Gasteiger partial charge is 0.502 e. The summed E-state index contributed by atoms with van der Waals surface area (Å²) in [6.07, 6.45) is 1.29. The van der Waals surface area contributed by atoms with Crippen LogP contribution in [0.3, 0.4) is 0 Å². The van der Waals surface area contributed by atoms with Crippen molar-refractivity contribution in [2.75, 3.05) is 7.11 Å². The first-order chi connectivity index (χ1) is 2.41. The van der Waals surface area contributed by atoms with Gasteiger partial charge in [-0.05, 0) is 0 Å². The maximum Gasteiger partial charge on any atom is 0.121 e. The average molecular weight is 76.1 g/mol. The molecule has 0 amide bonds. The predicted octanol–water partition coefficient (Wildman–Crippen LogP) is 1.07. The minimum Gasteiger partial charge on any atom is -0.502 e. The molecule has 30 valence electrons. The fourth-order valence-electron chi connectivity index (χ4n) is 0.0514. The highest BCUT2D eigenvalue weighted by Crippen LogP contribution is 1.68. The van der Waals surface area contributed by atoms with Gasteiger partial charge in [0.2, 0.25) is 0 Å². The molecule has 0 aromatic rings. The van der Waals surface area contributed by atoms with E-state index in [2.05, 4.69) is 4.74 Å². The molecule has 0 N–H and O–H groups in total. The van der Waals surface area contributed by atoms with E-state index in [9.17, 15) is 4.39 Å². The Labute approximate surface area is 30.1 Å². The molecule has 2 heteroatoms. The van der Waals surface area contributed by atoms with Crippen LogP contribution in [0.5, 0.6) is 0 Å². The first-order valence-corrected chi connectivity index (χ1v) is 1.20. The maximum absolute atomic E-state index is 10.7. The molecule has 0 aromatic heterocycles. The third-order valence-electron chi connectivity index (χ3n) is 0.188. The number of methoxy groups -OCH3 is 1. The molecule has 1 nitrogen and oxygen atoms in total. The number of ether oxygens (including phenoxy) is 1. The number of hydrogen-bond acceptors (Lipinski definition) is 1. The summed E-state index contributed by atoms with van der Waals surface area (Å²) in [6.45, 7) is 0. The van der Waals surface area contributed by atoms with E-state index in [0.29, 0.717) is 6.33 Å². The van der Waals surface area contributed by atoms with Crippen LogP contribution in [-0.4, -0.2) is 7.11 Å². The zero-order chi connectivity index (χ0) is 4.12. The summed E-state index contributed by atoms with van der Waals surface area (Å²) in [5, 5.41) is 0. The number of rotatable bonds is 1. The van der Waals surface area contributed by atoms with Crippen LogP contribution in [0.15, 0.2) is 12.6 Å². The summed E-state index contributed by atoms with van der Waals surface area (Å²) in [5.41, 5.74) is 0. The van der Waals surface area contributed by atoms with Gasteiger partial charge in [-0.25, -0.2) is 4.39 Å². The highest BCUT2D eigenvalue weighted by Gasteiger charge is 1.51. The first-order valence-electron chi connectivity index (χ1n) is 1.20. The molecule has 0 radical (unpaired) electrons. The van der Waals surface area contributed by atoms with Crippen molar-refractivity contribution in [1.29, 1.82) is 0 Å². The normalized spacial score (nSPS) is 9.20. The van der Waals surface area contributed by atoms with E-state index in [1.165, 1.54) is 7.11 Å². The van der Waals surface area contributed by atoms with Crippen molar-refractivity contribution in [2.24, 2.45) is 0 Å². The van der Waals surface area contributed by atoms with Crippen molar-refractivity contribution >= 4 is 0 Å². The molecule has 5 heavy (non-hydrogen) atoms. The maximum atomic E-state index is 10.7. The van der Waals surface area contributed by atoms with Crippen LogP contribution in [0.4, 0.5) is 4.39 Å². The smallest absolute Gasteiger partial charge is 0.121 e. The Morgan fingerprint density at radius 3 is 2.40 bits per heavy atom. The van der Waals surface area contributed by atoms with Crippen molar-refractivity contribution in [1.82, 2.24) is 0 Å². The van der Waals surface area contributed by atoms with Gasteiger partial charge < -0.3 is 4.74 Å². The van der Waals surface area contributed by atoms with Gasteiger partial charge in [0, 0.05) is 0 Å². The van der Waals surface area contributed by atoms with E-state index in [4.69, 9.17) is 0 Å². The first kappa shape index (κ1) is 4.47. The van der Waals surface area contributed by atoms with E-state index in [1.807, 2.05) is 0 Å². The van der Waals surface area contributed by atoms with Gasteiger partial charge in [0.1, 0.15) is 12.6 Å². The minimum absolute atomic E-state index is 0.333. The van der Waals surface area contributed by atoms with Crippen LogP contribution < -0.4 is 0 Å². The molecule has 0 aliphatic rings. The Morgan fingerprint density at radius 2 is 2.40 bits per heavy atom. The van der Waals surface area contributed by atoms with Gasteiger partial charge in [-0.15, -0.1) is 0 Å². The average Bonchev–Trinajstić information content (AvgIpc) is 1.41. The highest BCUT2D eigenvalue weighted by molar-refractivity contribution is 4.54. The Balaban J connectivity index is 2.62. The Hall–Kier alpha value is -0.530. The lowest BCUT2D eigenvalue weighted by molar-refractivity contribution is 0.330. The van der Waals surface area contributed by atoms with E-state index >= 15 is 0 Å². The van der Waals surface area contributed by atoms with Gasteiger partial charge in [0.15, 0.2) is 0 Å². The second kappa shape index (κ2) is 3.47. The van der Waals surface area contributed by atoms with E-state index in [0.717, 1.165) is 6.26 Å². The van der Waals surface area contributed by atoms with E-state index < -0.39 is 0 Å². The molecular formula is C3H5FO. The lowest BCUT2D eigenvalue weighted by Gasteiger charge is -1.74. The lowest BCUT2D eigenvalue weighted by Crippen LogP contribution is -1.57. The molecule has 0 saturated carbocycles. The Kier molecular flexibility index (Phi) is 3.10.